The predicted octanol–water partition coefficient (Wildman–Crippen LogP) is 4.00. The van der Waals surface area contributed by atoms with Crippen LogP contribution in [-0.4, -0.2) is 17.9 Å². The van der Waals surface area contributed by atoms with Gasteiger partial charge < -0.3 is 10.1 Å². The number of carbonyl (C=O) groups excluding carboxylic acids is 1. The fourth-order valence-electron chi connectivity index (χ4n) is 2.11. The summed E-state index contributed by atoms with van der Waals surface area (Å²) in [5.41, 5.74) is 0.0951. The van der Waals surface area contributed by atoms with Crippen LogP contribution in [0.4, 0.5) is 10.1 Å². The van der Waals surface area contributed by atoms with E-state index in [1.165, 1.54) is 6.07 Å². The third kappa shape index (κ3) is 3.88. The maximum absolute atomic E-state index is 13.3. The lowest BCUT2D eigenvalue weighted by Crippen LogP contribution is -2.26. The van der Waals surface area contributed by atoms with Crippen LogP contribution in [-0.2, 0) is 0 Å². The fraction of sp³-hybridized carbons (Fsp3) is 0.188. The molecule has 0 aliphatic rings. The van der Waals surface area contributed by atoms with Gasteiger partial charge in [0.05, 0.1) is 22.5 Å². The number of hydrogen-bond donors (Lipinski definition) is 1. The van der Waals surface area contributed by atoms with E-state index in [0.29, 0.717) is 5.75 Å². The lowest BCUT2D eigenvalue weighted by Gasteiger charge is -2.15. The van der Waals surface area contributed by atoms with Crippen molar-refractivity contribution in [2.45, 2.75) is 13.0 Å². The van der Waals surface area contributed by atoms with Gasteiger partial charge in [-0.3, -0.25) is 14.9 Å². The second kappa shape index (κ2) is 7.39. The van der Waals surface area contributed by atoms with Crippen LogP contribution in [0.1, 0.15) is 28.9 Å². The summed E-state index contributed by atoms with van der Waals surface area (Å²) in [5, 5.41) is 13.5. The van der Waals surface area contributed by atoms with Crippen molar-refractivity contribution in [1.82, 2.24) is 5.32 Å². The summed E-state index contributed by atoms with van der Waals surface area (Å²) in [7, 11) is 1.55. The van der Waals surface area contributed by atoms with E-state index in [9.17, 15) is 19.3 Å². The second-order valence-corrected chi connectivity index (χ2v) is 5.87. The molecule has 0 aliphatic carbocycles. The van der Waals surface area contributed by atoms with E-state index < -0.39 is 22.3 Å². The zero-order valence-corrected chi connectivity index (χ0v) is 14.5. The molecule has 8 heteroatoms. The molecule has 0 spiro atoms. The Bertz CT molecular complexity index is 798. The number of benzene rings is 2. The maximum Gasteiger partial charge on any atom is 0.305 e. The highest BCUT2D eigenvalue weighted by Gasteiger charge is 2.19. The summed E-state index contributed by atoms with van der Waals surface area (Å²) in [6.45, 7) is 1.77. The van der Waals surface area contributed by atoms with E-state index in [1.54, 1.807) is 32.2 Å². The van der Waals surface area contributed by atoms with E-state index in [1.807, 2.05) is 0 Å². The van der Waals surface area contributed by atoms with E-state index in [-0.39, 0.29) is 11.6 Å². The molecular weight excluding hydrogens is 383 g/mol. The highest BCUT2D eigenvalue weighted by Crippen LogP contribution is 2.28. The normalized spacial score (nSPS) is 11.7. The molecule has 0 fully saturated rings. The smallest absolute Gasteiger partial charge is 0.305 e. The molecule has 2 rings (SSSR count). The Morgan fingerprint density at radius 2 is 2.04 bits per heavy atom. The number of nitrogens with one attached hydrogen (secondary N) is 1. The summed E-state index contributed by atoms with van der Waals surface area (Å²) >= 11 is 3.37. The Kier molecular flexibility index (Phi) is 5.50. The number of halogens is 2. The average molecular weight is 397 g/mol. The van der Waals surface area contributed by atoms with Crippen LogP contribution in [0.2, 0.25) is 0 Å². The van der Waals surface area contributed by atoms with Gasteiger partial charge in [-0.25, -0.2) is 0 Å². The summed E-state index contributed by atoms with van der Waals surface area (Å²) in [6.07, 6.45) is 0. The van der Waals surface area contributed by atoms with Gasteiger partial charge in [-0.15, -0.1) is 0 Å². The van der Waals surface area contributed by atoms with Gasteiger partial charge in [0.25, 0.3) is 5.91 Å². The van der Waals surface area contributed by atoms with Crippen molar-refractivity contribution in [3.05, 3.63) is 67.9 Å². The molecular formula is C16H14BrFN2O4. The molecule has 2 aromatic carbocycles. The first-order valence-electron chi connectivity index (χ1n) is 6.91. The lowest BCUT2D eigenvalue weighted by atomic mass is 10.1. The van der Waals surface area contributed by atoms with E-state index >= 15 is 0 Å². The van der Waals surface area contributed by atoms with Crippen molar-refractivity contribution in [2.75, 3.05) is 7.11 Å². The van der Waals surface area contributed by atoms with E-state index in [0.717, 1.165) is 22.2 Å². The number of nitro benzene ring substituents is 1. The Morgan fingerprint density at radius 1 is 1.33 bits per heavy atom. The van der Waals surface area contributed by atoms with Crippen LogP contribution in [0.25, 0.3) is 0 Å². The summed E-state index contributed by atoms with van der Waals surface area (Å²) in [6, 6.07) is 8.02. The minimum absolute atomic E-state index is 0.0162. The standard InChI is InChI=1S/C16H14BrFN2O4/c1-9(10-4-6-15(24-2)12(17)7-10)19-16(21)11-3-5-13(18)14(8-11)20(22)23/h3-9H,1-2H3,(H,19,21)/t9-/m0/s1. The summed E-state index contributed by atoms with van der Waals surface area (Å²) < 4.78 is 19.2. The van der Waals surface area contributed by atoms with Crippen LogP contribution in [0.5, 0.6) is 5.75 Å². The maximum atomic E-state index is 13.3. The van der Waals surface area contributed by atoms with Crippen molar-refractivity contribution in [3.8, 4) is 5.75 Å². The molecule has 0 bridgehead atoms. The van der Waals surface area contributed by atoms with Crippen LogP contribution >= 0.6 is 15.9 Å². The first kappa shape index (κ1) is 17.9. The second-order valence-electron chi connectivity index (χ2n) is 5.01. The van der Waals surface area contributed by atoms with Gasteiger partial charge in [0.2, 0.25) is 5.82 Å². The largest absolute Gasteiger partial charge is 0.496 e. The average Bonchev–Trinajstić information content (AvgIpc) is 2.54. The highest BCUT2D eigenvalue weighted by atomic mass is 79.9. The summed E-state index contributed by atoms with van der Waals surface area (Å²) in [4.78, 5) is 22.1. The molecule has 0 aliphatic heterocycles. The van der Waals surface area contributed by atoms with Crippen LogP contribution in [0.15, 0.2) is 40.9 Å². The van der Waals surface area contributed by atoms with Crippen molar-refractivity contribution in [1.29, 1.82) is 0 Å². The molecule has 126 valence electrons. The molecule has 0 unspecified atom stereocenters. The van der Waals surface area contributed by atoms with E-state index in [2.05, 4.69) is 21.2 Å². The zero-order valence-electron chi connectivity index (χ0n) is 12.9. The molecule has 0 radical (unpaired) electrons. The topological polar surface area (TPSA) is 81.5 Å². The molecule has 2 aromatic rings. The molecule has 6 nitrogen and oxygen atoms in total. The number of methoxy groups -OCH3 is 1. The Balaban J connectivity index is 2.18. The van der Waals surface area contributed by atoms with E-state index in [4.69, 9.17) is 4.74 Å². The number of nitrogens with zero attached hydrogens (tertiary/aromatic N) is 1. The predicted molar refractivity (Wildman–Crippen MR) is 89.6 cm³/mol. The number of rotatable bonds is 5. The zero-order chi connectivity index (χ0) is 17.9. The Labute approximate surface area is 145 Å². The number of ether oxygens (including phenoxy) is 1. The van der Waals surface area contributed by atoms with Gasteiger partial charge >= 0.3 is 5.69 Å². The monoisotopic (exact) mass is 396 g/mol. The van der Waals surface area contributed by atoms with Gasteiger partial charge in [-0.2, -0.15) is 4.39 Å². The van der Waals surface area contributed by atoms with Gasteiger partial charge in [0.15, 0.2) is 0 Å². The van der Waals surface area contributed by atoms with Gasteiger partial charge in [0, 0.05) is 11.6 Å². The van der Waals surface area contributed by atoms with Crippen LogP contribution in [0, 0.1) is 15.9 Å². The lowest BCUT2D eigenvalue weighted by molar-refractivity contribution is -0.387. The van der Waals surface area contributed by atoms with Crippen LogP contribution < -0.4 is 10.1 Å². The van der Waals surface area contributed by atoms with Gasteiger partial charge in [0.1, 0.15) is 5.75 Å². The number of carbonyl (C=O) groups is 1. The SMILES string of the molecule is COc1ccc([C@H](C)NC(=O)c2ccc(F)c([N+](=O)[O-])c2)cc1Br. The quantitative estimate of drug-likeness (QED) is 0.611. The van der Waals surface area contributed by atoms with Crippen molar-refractivity contribution in [2.24, 2.45) is 0 Å². The van der Waals surface area contributed by atoms with Crippen LogP contribution in [0.3, 0.4) is 0 Å². The first-order chi connectivity index (χ1) is 11.3. The molecule has 1 atom stereocenters. The van der Waals surface area contributed by atoms with Gasteiger partial charge in [-0.05, 0) is 52.7 Å². The molecule has 0 heterocycles. The third-order valence-electron chi connectivity index (χ3n) is 3.43. The minimum Gasteiger partial charge on any atom is -0.496 e. The molecule has 0 saturated carbocycles. The Morgan fingerprint density at radius 3 is 2.62 bits per heavy atom. The van der Waals surface area contributed by atoms with Crippen molar-refractivity contribution < 1.29 is 18.8 Å². The molecule has 24 heavy (non-hydrogen) atoms. The number of nitro groups is 1. The molecule has 0 saturated heterocycles. The van der Waals surface area contributed by atoms with Crippen molar-refractivity contribution >= 4 is 27.5 Å². The number of amides is 1. The Hall–Kier alpha value is -2.48. The first-order valence-corrected chi connectivity index (χ1v) is 7.71. The molecule has 0 aromatic heterocycles. The fourth-order valence-corrected chi connectivity index (χ4v) is 2.67. The third-order valence-corrected chi connectivity index (χ3v) is 4.05. The minimum atomic E-state index is -0.983. The van der Waals surface area contributed by atoms with Crippen molar-refractivity contribution in [3.63, 3.8) is 0 Å². The summed E-state index contributed by atoms with van der Waals surface area (Å²) in [5.74, 6) is -0.854. The molecule has 1 N–H and O–H groups in total. The number of hydrogen-bond acceptors (Lipinski definition) is 4. The van der Waals surface area contributed by atoms with Gasteiger partial charge in [-0.1, -0.05) is 6.07 Å². The molecule has 1 amide bonds. The highest BCUT2D eigenvalue weighted by molar-refractivity contribution is 9.10.